The molecule has 0 atom stereocenters. The Hall–Kier alpha value is -2.64. The average molecular weight is 356 g/mol. The van der Waals surface area contributed by atoms with Gasteiger partial charge in [0.05, 0.1) is 32.2 Å². The monoisotopic (exact) mass is 356 g/mol. The Kier molecular flexibility index (Phi) is 6.40. The van der Waals surface area contributed by atoms with Crippen molar-refractivity contribution in [2.75, 3.05) is 57.1 Å². The second kappa shape index (κ2) is 9.17. The zero-order chi connectivity index (χ0) is 18.2. The number of pyridine rings is 1. The molecule has 1 aliphatic heterocycles. The van der Waals surface area contributed by atoms with E-state index in [-0.39, 0.29) is 5.91 Å². The Bertz CT molecular complexity index is 698. The number of ether oxygens (including phenoxy) is 2. The predicted octanol–water partition coefficient (Wildman–Crippen LogP) is 2.09. The van der Waals surface area contributed by atoms with Crippen molar-refractivity contribution in [1.82, 2.24) is 9.88 Å². The first-order valence-electron chi connectivity index (χ1n) is 8.70. The Morgan fingerprint density at radius 3 is 2.62 bits per heavy atom. The van der Waals surface area contributed by atoms with E-state index in [0.717, 1.165) is 51.0 Å². The molecule has 0 radical (unpaired) electrons. The third-order valence-corrected chi connectivity index (χ3v) is 4.21. The molecule has 1 amide bonds. The molecule has 0 bridgehead atoms. The molecular formula is C19H24N4O3. The number of anilines is 2. The minimum atomic E-state index is -0.178. The lowest BCUT2D eigenvalue weighted by molar-refractivity contribution is 0.0398. The summed E-state index contributed by atoms with van der Waals surface area (Å²) in [5, 5.41) is 6.14. The highest BCUT2D eigenvalue weighted by Crippen LogP contribution is 2.14. The van der Waals surface area contributed by atoms with Crippen molar-refractivity contribution < 1.29 is 14.3 Å². The Labute approximate surface area is 153 Å². The van der Waals surface area contributed by atoms with Gasteiger partial charge in [0.25, 0.3) is 5.91 Å². The van der Waals surface area contributed by atoms with Crippen molar-refractivity contribution in [2.24, 2.45) is 0 Å². The van der Waals surface area contributed by atoms with Crippen LogP contribution in [0.2, 0.25) is 0 Å². The van der Waals surface area contributed by atoms with Crippen molar-refractivity contribution in [3.05, 3.63) is 48.2 Å². The Morgan fingerprint density at radius 1 is 1.19 bits per heavy atom. The number of morpholine rings is 1. The number of carbonyl (C=O) groups excluding carboxylic acids is 1. The summed E-state index contributed by atoms with van der Waals surface area (Å²) in [6, 6.07) is 10.7. The summed E-state index contributed by atoms with van der Waals surface area (Å²) < 4.78 is 10.4. The lowest BCUT2D eigenvalue weighted by Gasteiger charge is -2.26. The maximum absolute atomic E-state index is 12.2. The molecule has 7 heteroatoms. The van der Waals surface area contributed by atoms with Gasteiger partial charge < -0.3 is 20.1 Å². The van der Waals surface area contributed by atoms with Gasteiger partial charge in [-0.1, -0.05) is 0 Å². The number of hydrogen-bond donors (Lipinski definition) is 2. The topological polar surface area (TPSA) is 75.7 Å². The summed E-state index contributed by atoms with van der Waals surface area (Å²) in [6.07, 6.45) is 1.65. The van der Waals surface area contributed by atoms with Crippen LogP contribution in [-0.4, -0.2) is 62.3 Å². The van der Waals surface area contributed by atoms with Crippen LogP contribution in [0, 0.1) is 0 Å². The molecule has 0 saturated carbocycles. The smallest absolute Gasteiger partial charge is 0.255 e. The fourth-order valence-corrected chi connectivity index (χ4v) is 2.68. The van der Waals surface area contributed by atoms with Crippen molar-refractivity contribution in [1.29, 1.82) is 0 Å². The number of amides is 1. The van der Waals surface area contributed by atoms with Gasteiger partial charge in [-0.15, -0.1) is 0 Å². The quantitative estimate of drug-likeness (QED) is 0.791. The van der Waals surface area contributed by atoms with E-state index in [0.29, 0.717) is 11.3 Å². The third-order valence-electron chi connectivity index (χ3n) is 4.21. The van der Waals surface area contributed by atoms with Crippen LogP contribution in [0.25, 0.3) is 0 Å². The van der Waals surface area contributed by atoms with Gasteiger partial charge in [-0.25, -0.2) is 4.98 Å². The van der Waals surface area contributed by atoms with Gasteiger partial charge in [-0.3, -0.25) is 9.69 Å². The lowest BCUT2D eigenvalue weighted by atomic mass is 10.2. The number of hydrogen-bond acceptors (Lipinski definition) is 6. The fraction of sp³-hybridized carbons (Fsp3) is 0.368. The molecule has 0 aliphatic carbocycles. The van der Waals surface area contributed by atoms with Gasteiger partial charge in [0.2, 0.25) is 0 Å². The number of nitrogens with zero attached hydrogens (tertiary/aromatic N) is 2. The van der Waals surface area contributed by atoms with Crippen molar-refractivity contribution in [3.8, 4) is 5.75 Å². The minimum absolute atomic E-state index is 0.178. The molecule has 1 aliphatic rings. The van der Waals surface area contributed by atoms with Gasteiger partial charge in [0.15, 0.2) is 0 Å². The highest BCUT2D eigenvalue weighted by atomic mass is 16.5. The van der Waals surface area contributed by atoms with Crippen LogP contribution in [0.1, 0.15) is 10.4 Å². The maximum atomic E-state index is 12.2. The second-order valence-corrected chi connectivity index (χ2v) is 6.00. The van der Waals surface area contributed by atoms with E-state index >= 15 is 0 Å². The molecule has 1 fully saturated rings. The van der Waals surface area contributed by atoms with Crippen LogP contribution in [0.3, 0.4) is 0 Å². The Balaban J connectivity index is 1.46. The zero-order valence-corrected chi connectivity index (χ0v) is 14.9. The number of rotatable bonds is 7. The van der Waals surface area contributed by atoms with E-state index < -0.39 is 0 Å². The van der Waals surface area contributed by atoms with Crippen LogP contribution in [-0.2, 0) is 4.74 Å². The molecule has 7 nitrogen and oxygen atoms in total. The van der Waals surface area contributed by atoms with E-state index in [9.17, 15) is 4.79 Å². The van der Waals surface area contributed by atoms with Gasteiger partial charge in [0, 0.05) is 31.7 Å². The van der Waals surface area contributed by atoms with Gasteiger partial charge in [-0.05, 0) is 36.4 Å². The van der Waals surface area contributed by atoms with E-state index in [2.05, 4.69) is 20.5 Å². The third kappa shape index (κ3) is 5.18. The number of methoxy groups -OCH3 is 1. The summed E-state index contributed by atoms with van der Waals surface area (Å²) in [5.41, 5.74) is 1.23. The molecule has 1 aromatic carbocycles. The first-order chi connectivity index (χ1) is 12.7. The number of carbonyl (C=O) groups is 1. The summed E-state index contributed by atoms with van der Waals surface area (Å²) in [6.45, 7) is 5.35. The molecule has 138 valence electrons. The van der Waals surface area contributed by atoms with Gasteiger partial charge >= 0.3 is 0 Å². The summed E-state index contributed by atoms with van der Waals surface area (Å²) >= 11 is 0. The fourth-order valence-electron chi connectivity index (χ4n) is 2.68. The van der Waals surface area contributed by atoms with E-state index in [1.807, 2.05) is 12.1 Å². The average Bonchev–Trinajstić information content (AvgIpc) is 2.70. The van der Waals surface area contributed by atoms with Gasteiger partial charge in [0.1, 0.15) is 11.6 Å². The standard InChI is InChI=1S/C19H24N4O3/c1-25-17-5-2-15(3-6-17)19(24)22-16-4-7-18(21-14-16)20-8-9-23-10-12-26-13-11-23/h2-7,14H,8-13H2,1H3,(H,20,21)(H,22,24). The number of nitrogens with one attached hydrogen (secondary N) is 2. The molecule has 0 unspecified atom stereocenters. The first kappa shape index (κ1) is 18.2. The van der Waals surface area contributed by atoms with Gasteiger partial charge in [-0.2, -0.15) is 0 Å². The predicted molar refractivity (Wildman–Crippen MR) is 101 cm³/mol. The highest BCUT2D eigenvalue weighted by molar-refractivity contribution is 6.04. The molecule has 0 spiro atoms. The summed E-state index contributed by atoms with van der Waals surface area (Å²) in [7, 11) is 1.59. The van der Waals surface area contributed by atoms with E-state index in [1.165, 1.54) is 0 Å². The SMILES string of the molecule is COc1ccc(C(=O)Nc2ccc(NCCN3CCOCC3)nc2)cc1. The normalized spacial score (nSPS) is 14.7. The zero-order valence-electron chi connectivity index (χ0n) is 14.9. The molecule has 1 aromatic heterocycles. The van der Waals surface area contributed by atoms with E-state index in [1.54, 1.807) is 37.6 Å². The molecule has 2 N–H and O–H groups in total. The molecule has 26 heavy (non-hydrogen) atoms. The van der Waals surface area contributed by atoms with Crippen LogP contribution < -0.4 is 15.4 Å². The van der Waals surface area contributed by atoms with Crippen LogP contribution in [0.5, 0.6) is 5.75 Å². The molecule has 1 saturated heterocycles. The van der Waals surface area contributed by atoms with Crippen molar-refractivity contribution >= 4 is 17.4 Å². The lowest BCUT2D eigenvalue weighted by Crippen LogP contribution is -2.39. The molecule has 3 rings (SSSR count). The van der Waals surface area contributed by atoms with Crippen LogP contribution in [0.4, 0.5) is 11.5 Å². The highest BCUT2D eigenvalue weighted by Gasteiger charge is 2.09. The molecule has 2 aromatic rings. The summed E-state index contributed by atoms with van der Waals surface area (Å²) in [5.74, 6) is 1.33. The largest absolute Gasteiger partial charge is 0.497 e. The number of benzene rings is 1. The number of aromatic nitrogens is 1. The molecular weight excluding hydrogens is 332 g/mol. The van der Waals surface area contributed by atoms with Crippen molar-refractivity contribution in [3.63, 3.8) is 0 Å². The minimum Gasteiger partial charge on any atom is -0.497 e. The van der Waals surface area contributed by atoms with Crippen LogP contribution in [0.15, 0.2) is 42.6 Å². The maximum Gasteiger partial charge on any atom is 0.255 e. The van der Waals surface area contributed by atoms with Crippen molar-refractivity contribution in [2.45, 2.75) is 0 Å². The van der Waals surface area contributed by atoms with E-state index in [4.69, 9.17) is 9.47 Å². The Morgan fingerprint density at radius 2 is 1.96 bits per heavy atom. The first-order valence-corrected chi connectivity index (χ1v) is 8.70. The second-order valence-electron chi connectivity index (χ2n) is 6.00. The molecule has 2 heterocycles. The van der Waals surface area contributed by atoms with Crippen LogP contribution >= 0.6 is 0 Å². The summed E-state index contributed by atoms with van der Waals surface area (Å²) in [4.78, 5) is 18.9.